The molecule has 0 rings (SSSR count). The van der Waals surface area contributed by atoms with Crippen LogP contribution in [0.3, 0.4) is 0 Å². The van der Waals surface area contributed by atoms with Gasteiger partial charge in [-0.1, -0.05) is 34.6 Å². The number of rotatable bonds is 21. The van der Waals surface area contributed by atoms with Crippen LogP contribution >= 0.6 is 0 Å². The van der Waals surface area contributed by atoms with Crippen LogP contribution in [-0.4, -0.2) is 79.4 Å². The fourth-order valence-corrected chi connectivity index (χ4v) is 4.09. The second-order valence-electron chi connectivity index (χ2n) is 12.1. The largest absolute Gasteiger partial charge is 0.461 e. The molecule has 8 nitrogen and oxygen atoms in total. The molecule has 0 heterocycles. The molecule has 0 aromatic carbocycles. The summed E-state index contributed by atoms with van der Waals surface area (Å²) in [7, 11) is 0. The fourth-order valence-electron chi connectivity index (χ4n) is 4.09. The van der Waals surface area contributed by atoms with E-state index < -0.39 is 23.1 Å². The molecule has 1 N–H and O–H groups in total. The van der Waals surface area contributed by atoms with Gasteiger partial charge in [-0.3, -0.25) is 0 Å². The molecule has 0 bridgehead atoms. The molecule has 0 saturated heterocycles. The maximum Gasteiger partial charge on any atom is 0.338 e. The van der Waals surface area contributed by atoms with E-state index in [1.165, 1.54) is 0 Å². The smallest absolute Gasteiger partial charge is 0.338 e. The molecule has 0 radical (unpaired) electrons. The zero-order valence-electron chi connectivity index (χ0n) is 25.9. The molecule has 0 saturated carbocycles. The predicted molar refractivity (Wildman–Crippen MR) is 147 cm³/mol. The summed E-state index contributed by atoms with van der Waals surface area (Å²) in [5.74, 6) is -0.388. The molecule has 0 aliphatic rings. The maximum absolute atomic E-state index is 12.8. The molecule has 0 fully saturated rings. The first-order chi connectivity index (χ1) is 17.0. The molecule has 0 spiro atoms. The molecule has 4 atom stereocenters. The van der Waals surface area contributed by atoms with Gasteiger partial charge in [0.25, 0.3) is 0 Å². The van der Waals surface area contributed by atoms with E-state index in [0.717, 1.165) is 6.42 Å². The van der Waals surface area contributed by atoms with Gasteiger partial charge in [-0.15, -0.1) is 0 Å². The Kier molecular flexibility index (Phi) is 16.0. The minimum Gasteiger partial charge on any atom is -0.461 e. The zero-order valence-corrected chi connectivity index (χ0v) is 25.9. The van der Waals surface area contributed by atoms with Crippen LogP contribution in [0.2, 0.25) is 0 Å². The third-order valence-corrected chi connectivity index (χ3v) is 6.63. The normalized spacial score (nSPS) is 17.8. The molecular weight excluding hydrogens is 476 g/mol. The first-order valence-electron chi connectivity index (χ1n) is 14.0. The van der Waals surface area contributed by atoms with Gasteiger partial charge in [0, 0.05) is 0 Å². The van der Waals surface area contributed by atoms with Crippen molar-refractivity contribution >= 4 is 5.97 Å². The molecule has 0 aliphatic heterocycles. The van der Waals surface area contributed by atoms with Crippen LogP contribution in [0.5, 0.6) is 0 Å². The Labute approximate surface area is 227 Å². The Morgan fingerprint density at radius 2 is 1.38 bits per heavy atom. The van der Waals surface area contributed by atoms with Crippen molar-refractivity contribution < 1.29 is 38.3 Å². The summed E-state index contributed by atoms with van der Waals surface area (Å²) in [5, 5.41) is 10.7. The number of ether oxygens (including phenoxy) is 6. The van der Waals surface area contributed by atoms with Crippen LogP contribution in [-0.2, 0) is 33.2 Å². The van der Waals surface area contributed by atoms with Gasteiger partial charge in [-0.2, -0.15) is 0 Å². The zero-order chi connectivity index (χ0) is 28.9. The number of esters is 1. The highest BCUT2D eigenvalue weighted by Crippen LogP contribution is 2.36. The van der Waals surface area contributed by atoms with E-state index in [2.05, 4.69) is 20.8 Å². The number of aliphatic hydroxyl groups is 1. The van der Waals surface area contributed by atoms with Crippen molar-refractivity contribution in [3.05, 3.63) is 0 Å². The van der Waals surface area contributed by atoms with Crippen LogP contribution < -0.4 is 0 Å². The highest BCUT2D eigenvalue weighted by atomic mass is 16.6. The lowest BCUT2D eigenvalue weighted by molar-refractivity contribution is -0.241. The van der Waals surface area contributed by atoms with Crippen molar-refractivity contribution in [2.24, 2.45) is 5.41 Å². The minimum atomic E-state index is -1.07. The average molecular weight is 535 g/mol. The van der Waals surface area contributed by atoms with E-state index in [-0.39, 0.29) is 30.2 Å². The number of carbonyl (C=O) groups excluding carboxylic acids is 1. The van der Waals surface area contributed by atoms with E-state index >= 15 is 0 Å². The second-order valence-corrected chi connectivity index (χ2v) is 12.1. The SMILES string of the molecule is CCC(C)OCCOC(O)C(C)(CC)OCC(C)(C)CC(C)(C)OC(C)(CC)C(=O)OCCOC(C)C. The van der Waals surface area contributed by atoms with E-state index in [1.807, 2.05) is 55.4 Å². The fraction of sp³-hybridized carbons (Fsp3) is 0.966. The molecule has 4 unspecified atom stereocenters. The highest BCUT2D eigenvalue weighted by Gasteiger charge is 2.43. The number of hydrogen-bond donors (Lipinski definition) is 1. The van der Waals surface area contributed by atoms with Gasteiger partial charge in [-0.05, 0) is 79.6 Å². The summed E-state index contributed by atoms with van der Waals surface area (Å²) in [6.45, 7) is 25.3. The van der Waals surface area contributed by atoms with Crippen LogP contribution in [0, 0.1) is 5.41 Å². The Balaban J connectivity index is 4.99. The van der Waals surface area contributed by atoms with Crippen LogP contribution in [0.1, 0.15) is 109 Å². The molecule has 0 amide bonds. The third kappa shape index (κ3) is 14.3. The van der Waals surface area contributed by atoms with E-state index in [4.69, 9.17) is 28.4 Å². The Hall–Kier alpha value is -0.770. The molecule has 8 heteroatoms. The van der Waals surface area contributed by atoms with Crippen LogP contribution in [0.4, 0.5) is 0 Å². The number of hydrogen-bond acceptors (Lipinski definition) is 8. The number of carbonyl (C=O) groups is 1. The third-order valence-electron chi connectivity index (χ3n) is 6.63. The molecule has 222 valence electrons. The minimum absolute atomic E-state index is 0.0850. The lowest BCUT2D eigenvalue weighted by atomic mass is 9.81. The highest BCUT2D eigenvalue weighted by molar-refractivity contribution is 5.79. The lowest BCUT2D eigenvalue weighted by Crippen LogP contribution is -2.49. The molecule has 0 aromatic heterocycles. The van der Waals surface area contributed by atoms with Crippen molar-refractivity contribution in [2.45, 2.75) is 144 Å². The van der Waals surface area contributed by atoms with Gasteiger partial charge in [0.15, 0.2) is 11.9 Å². The topological polar surface area (TPSA) is 92.7 Å². The lowest BCUT2D eigenvalue weighted by Gasteiger charge is -2.42. The Morgan fingerprint density at radius 1 is 0.811 bits per heavy atom. The van der Waals surface area contributed by atoms with Gasteiger partial charge in [0.05, 0.1) is 44.2 Å². The van der Waals surface area contributed by atoms with E-state index in [0.29, 0.717) is 45.7 Å². The predicted octanol–water partition coefficient (Wildman–Crippen LogP) is 5.67. The van der Waals surface area contributed by atoms with Gasteiger partial charge >= 0.3 is 5.97 Å². The summed E-state index contributed by atoms with van der Waals surface area (Å²) in [4.78, 5) is 12.8. The quantitative estimate of drug-likeness (QED) is 0.114. The molecule has 0 aromatic rings. The first kappa shape index (κ1) is 36.2. The summed E-state index contributed by atoms with van der Waals surface area (Å²) in [5.41, 5.74) is -2.87. The Morgan fingerprint density at radius 3 is 1.89 bits per heavy atom. The van der Waals surface area contributed by atoms with E-state index in [9.17, 15) is 9.90 Å². The summed E-state index contributed by atoms with van der Waals surface area (Å²) in [6, 6.07) is 0. The van der Waals surface area contributed by atoms with Gasteiger partial charge in [0.1, 0.15) is 12.2 Å². The molecule has 0 aliphatic carbocycles. The summed E-state index contributed by atoms with van der Waals surface area (Å²) >= 11 is 0. The van der Waals surface area contributed by atoms with Crippen LogP contribution in [0.25, 0.3) is 0 Å². The van der Waals surface area contributed by atoms with Gasteiger partial charge < -0.3 is 33.5 Å². The standard InChI is InChI=1S/C29H58O8/c1-13-23(6)33-17-19-34-24(30)28(11,14-2)36-21-26(7,8)20-27(9,10)37-29(12,15-3)25(31)35-18-16-32-22(4)5/h22-24,30H,13-21H2,1-12H3. The van der Waals surface area contributed by atoms with Crippen molar-refractivity contribution in [3.63, 3.8) is 0 Å². The molecular formula is C29H58O8. The van der Waals surface area contributed by atoms with Crippen molar-refractivity contribution in [2.75, 3.05) is 33.0 Å². The van der Waals surface area contributed by atoms with E-state index in [1.54, 1.807) is 6.92 Å². The summed E-state index contributed by atoms with van der Waals surface area (Å²) in [6.07, 6.45) is 1.79. The first-order valence-corrected chi connectivity index (χ1v) is 14.0. The van der Waals surface area contributed by atoms with Crippen molar-refractivity contribution in [1.82, 2.24) is 0 Å². The average Bonchev–Trinajstić information content (AvgIpc) is 2.81. The number of aliphatic hydroxyl groups excluding tert-OH is 1. The Bertz CT molecular complexity index is 635. The van der Waals surface area contributed by atoms with Gasteiger partial charge in [-0.25, -0.2) is 4.79 Å². The molecule has 37 heavy (non-hydrogen) atoms. The van der Waals surface area contributed by atoms with Gasteiger partial charge in [0.2, 0.25) is 0 Å². The van der Waals surface area contributed by atoms with Crippen molar-refractivity contribution in [1.29, 1.82) is 0 Å². The van der Waals surface area contributed by atoms with Crippen LogP contribution in [0.15, 0.2) is 0 Å². The maximum atomic E-state index is 12.8. The monoisotopic (exact) mass is 534 g/mol. The van der Waals surface area contributed by atoms with Crippen molar-refractivity contribution in [3.8, 4) is 0 Å². The second kappa shape index (κ2) is 16.4. The summed E-state index contributed by atoms with van der Waals surface area (Å²) < 4.78 is 34.8.